The van der Waals surface area contributed by atoms with Crippen LogP contribution in [0.15, 0.2) is 27.1 Å². The Hall–Kier alpha value is -0.530. The highest BCUT2D eigenvalue weighted by molar-refractivity contribution is 9.11. The molecule has 0 aliphatic carbocycles. The van der Waals surface area contributed by atoms with Gasteiger partial charge in [-0.3, -0.25) is 0 Å². The zero-order chi connectivity index (χ0) is 9.84. The average Bonchev–Trinajstić information content (AvgIpc) is 2.11. The number of halogens is 2. The van der Waals surface area contributed by atoms with Crippen LogP contribution in [0.4, 0.5) is 5.69 Å². The standard InChI is InChI=1S/C9H8Br2N2/c1-6(5-12)13-9-7(10)3-2-4-8(9)11/h2-4,6,13H,1H3. The second-order valence-electron chi connectivity index (χ2n) is 2.59. The number of hydrogen-bond acceptors (Lipinski definition) is 2. The molecule has 13 heavy (non-hydrogen) atoms. The highest BCUT2D eigenvalue weighted by Gasteiger charge is 2.06. The van der Waals surface area contributed by atoms with E-state index in [9.17, 15) is 0 Å². The quantitative estimate of drug-likeness (QED) is 0.907. The molecule has 0 aliphatic rings. The van der Waals surface area contributed by atoms with Gasteiger partial charge in [-0.15, -0.1) is 0 Å². The first-order valence-electron chi connectivity index (χ1n) is 3.75. The van der Waals surface area contributed by atoms with Gasteiger partial charge in [0.2, 0.25) is 0 Å². The molecule has 2 nitrogen and oxygen atoms in total. The van der Waals surface area contributed by atoms with Crippen molar-refractivity contribution in [2.24, 2.45) is 0 Å². The second-order valence-corrected chi connectivity index (χ2v) is 4.30. The summed E-state index contributed by atoms with van der Waals surface area (Å²) >= 11 is 6.81. The lowest BCUT2D eigenvalue weighted by Crippen LogP contribution is -2.12. The Morgan fingerprint density at radius 1 is 1.38 bits per heavy atom. The molecule has 0 fully saturated rings. The molecule has 1 unspecified atom stereocenters. The third-order valence-electron chi connectivity index (χ3n) is 1.52. The fourth-order valence-electron chi connectivity index (χ4n) is 0.884. The maximum atomic E-state index is 8.63. The second kappa shape index (κ2) is 4.64. The summed E-state index contributed by atoms with van der Waals surface area (Å²) in [7, 11) is 0. The molecule has 4 heteroatoms. The topological polar surface area (TPSA) is 35.8 Å². The van der Waals surface area contributed by atoms with E-state index in [0.29, 0.717) is 0 Å². The van der Waals surface area contributed by atoms with Crippen LogP contribution in [0.25, 0.3) is 0 Å². The van der Waals surface area contributed by atoms with Crippen molar-refractivity contribution in [3.8, 4) is 6.07 Å². The van der Waals surface area contributed by atoms with Gasteiger partial charge in [-0.05, 0) is 50.9 Å². The van der Waals surface area contributed by atoms with Crippen LogP contribution in [0.1, 0.15) is 6.92 Å². The van der Waals surface area contributed by atoms with Crippen LogP contribution in [-0.2, 0) is 0 Å². The van der Waals surface area contributed by atoms with Gasteiger partial charge in [0.1, 0.15) is 6.04 Å². The molecule has 0 radical (unpaired) electrons. The van der Waals surface area contributed by atoms with E-state index in [-0.39, 0.29) is 6.04 Å². The Labute approximate surface area is 94.2 Å². The molecule has 68 valence electrons. The van der Waals surface area contributed by atoms with Gasteiger partial charge in [0, 0.05) is 8.95 Å². The molecule has 1 N–H and O–H groups in total. The predicted molar refractivity (Wildman–Crippen MR) is 60.5 cm³/mol. The van der Waals surface area contributed by atoms with Crippen LogP contribution in [0.5, 0.6) is 0 Å². The van der Waals surface area contributed by atoms with Crippen LogP contribution >= 0.6 is 31.9 Å². The molecule has 1 aromatic carbocycles. The summed E-state index contributed by atoms with van der Waals surface area (Å²) in [6.45, 7) is 1.81. The number of hydrogen-bond donors (Lipinski definition) is 1. The molecule has 0 spiro atoms. The Bertz CT molecular complexity index is 324. The number of benzene rings is 1. The normalized spacial score (nSPS) is 11.8. The molecule has 0 saturated heterocycles. The number of nitrogens with zero attached hydrogens (tertiary/aromatic N) is 1. The fourth-order valence-corrected chi connectivity index (χ4v) is 2.11. The van der Waals surface area contributed by atoms with Crippen molar-refractivity contribution >= 4 is 37.5 Å². The van der Waals surface area contributed by atoms with Gasteiger partial charge in [0.15, 0.2) is 0 Å². The summed E-state index contributed by atoms with van der Waals surface area (Å²) in [5.74, 6) is 0. The molecule has 1 atom stereocenters. The first kappa shape index (κ1) is 10.6. The van der Waals surface area contributed by atoms with E-state index in [1.54, 1.807) is 0 Å². The third-order valence-corrected chi connectivity index (χ3v) is 2.84. The lowest BCUT2D eigenvalue weighted by atomic mass is 10.3. The van der Waals surface area contributed by atoms with Crippen molar-refractivity contribution in [3.05, 3.63) is 27.1 Å². The first-order chi connectivity index (χ1) is 6.15. The third kappa shape index (κ3) is 2.71. The molecule has 0 amide bonds. The molecule has 0 saturated carbocycles. The van der Waals surface area contributed by atoms with E-state index < -0.39 is 0 Å². The van der Waals surface area contributed by atoms with Crippen molar-refractivity contribution in [2.45, 2.75) is 13.0 Å². The fraction of sp³-hybridized carbons (Fsp3) is 0.222. The van der Waals surface area contributed by atoms with E-state index in [4.69, 9.17) is 5.26 Å². The maximum absolute atomic E-state index is 8.63. The molecule has 0 aromatic heterocycles. The van der Waals surface area contributed by atoms with E-state index >= 15 is 0 Å². The molecular weight excluding hydrogens is 296 g/mol. The number of rotatable bonds is 2. The van der Waals surface area contributed by atoms with Gasteiger partial charge < -0.3 is 5.32 Å². The molecule has 1 rings (SSSR count). The summed E-state index contributed by atoms with van der Waals surface area (Å²) in [4.78, 5) is 0. The van der Waals surface area contributed by atoms with Crippen LogP contribution in [0.3, 0.4) is 0 Å². The van der Waals surface area contributed by atoms with Gasteiger partial charge in [-0.1, -0.05) is 6.07 Å². The number of nitrogens with one attached hydrogen (secondary N) is 1. The Kier molecular flexibility index (Phi) is 3.76. The minimum Gasteiger partial charge on any atom is -0.368 e. The monoisotopic (exact) mass is 302 g/mol. The van der Waals surface area contributed by atoms with Crippen LogP contribution in [-0.4, -0.2) is 6.04 Å². The van der Waals surface area contributed by atoms with Crippen LogP contribution in [0, 0.1) is 11.3 Å². The van der Waals surface area contributed by atoms with E-state index in [1.165, 1.54) is 0 Å². The average molecular weight is 304 g/mol. The van der Waals surface area contributed by atoms with E-state index in [0.717, 1.165) is 14.6 Å². The van der Waals surface area contributed by atoms with Gasteiger partial charge in [-0.2, -0.15) is 5.26 Å². The predicted octanol–water partition coefficient (Wildman–Crippen LogP) is 3.54. The van der Waals surface area contributed by atoms with Gasteiger partial charge in [0.05, 0.1) is 11.8 Å². The van der Waals surface area contributed by atoms with Crippen molar-refractivity contribution in [1.29, 1.82) is 5.26 Å². The summed E-state index contributed by atoms with van der Waals surface area (Å²) < 4.78 is 1.90. The zero-order valence-electron chi connectivity index (χ0n) is 7.01. The SMILES string of the molecule is CC(C#N)Nc1c(Br)cccc1Br. The number of nitriles is 1. The Balaban J connectivity index is 2.95. The van der Waals surface area contributed by atoms with Crippen molar-refractivity contribution in [3.63, 3.8) is 0 Å². The lowest BCUT2D eigenvalue weighted by molar-refractivity contribution is 1.01. The van der Waals surface area contributed by atoms with Gasteiger partial charge >= 0.3 is 0 Å². The van der Waals surface area contributed by atoms with Crippen LogP contribution in [0.2, 0.25) is 0 Å². The highest BCUT2D eigenvalue weighted by atomic mass is 79.9. The van der Waals surface area contributed by atoms with Crippen molar-refractivity contribution < 1.29 is 0 Å². The van der Waals surface area contributed by atoms with Gasteiger partial charge in [0.25, 0.3) is 0 Å². The number of anilines is 1. The molecular formula is C9H8Br2N2. The van der Waals surface area contributed by atoms with Crippen molar-refractivity contribution in [2.75, 3.05) is 5.32 Å². The van der Waals surface area contributed by atoms with Crippen molar-refractivity contribution in [1.82, 2.24) is 0 Å². The molecule has 0 heterocycles. The van der Waals surface area contributed by atoms with Crippen LogP contribution < -0.4 is 5.32 Å². The molecule has 0 bridgehead atoms. The minimum atomic E-state index is -0.199. The summed E-state index contributed by atoms with van der Waals surface area (Å²) in [5.41, 5.74) is 0.913. The summed E-state index contributed by atoms with van der Waals surface area (Å²) in [6.07, 6.45) is 0. The first-order valence-corrected chi connectivity index (χ1v) is 5.34. The van der Waals surface area contributed by atoms with E-state index in [1.807, 2.05) is 25.1 Å². The van der Waals surface area contributed by atoms with E-state index in [2.05, 4.69) is 43.2 Å². The summed E-state index contributed by atoms with van der Waals surface area (Å²) in [5, 5.41) is 11.7. The lowest BCUT2D eigenvalue weighted by Gasteiger charge is -2.11. The van der Waals surface area contributed by atoms with Gasteiger partial charge in [-0.25, -0.2) is 0 Å². The largest absolute Gasteiger partial charge is 0.368 e. The minimum absolute atomic E-state index is 0.199. The molecule has 1 aromatic rings. The summed E-state index contributed by atoms with van der Waals surface area (Å²) in [6, 6.07) is 7.70. The molecule has 0 aliphatic heterocycles. The highest BCUT2D eigenvalue weighted by Crippen LogP contribution is 2.30. The maximum Gasteiger partial charge on any atom is 0.111 e. The smallest absolute Gasteiger partial charge is 0.111 e. The zero-order valence-corrected chi connectivity index (χ0v) is 10.2. The number of para-hydroxylation sites is 1. The Morgan fingerprint density at radius 2 is 1.92 bits per heavy atom. The Morgan fingerprint density at radius 3 is 2.38 bits per heavy atom.